The molecule has 3 heteroatoms. The van der Waals surface area contributed by atoms with E-state index < -0.39 is 6.10 Å². The van der Waals surface area contributed by atoms with Crippen LogP contribution >= 0.6 is 0 Å². The van der Waals surface area contributed by atoms with E-state index in [4.69, 9.17) is 4.74 Å². The van der Waals surface area contributed by atoms with Gasteiger partial charge in [0.25, 0.3) is 5.91 Å². The lowest BCUT2D eigenvalue weighted by molar-refractivity contribution is -0.127. The highest BCUT2D eigenvalue weighted by Gasteiger charge is 2.17. The molecule has 0 heterocycles. The molecule has 0 unspecified atom stereocenters. The van der Waals surface area contributed by atoms with Crippen molar-refractivity contribution >= 4 is 5.91 Å². The van der Waals surface area contributed by atoms with Gasteiger partial charge in [0.2, 0.25) is 0 Å². The van der Waals surface area contributed by atoms with Crippen LogP contribution in [0.15, 0.2) is 24.3 Å². The van der Waals surface area contributed by atoms with E-state index in [2.05, 4.69) is 45.1 Å². The van der Waals surface area contributed by atoms with Gasteiger partial charge in [-0.15, -0.1) is 0 Å². The molecule has 0 radical (unpaired) electrons. The standard InChI is InChI=1S/C18H29NO2/c1-7-8-13(2)19-17(20)14(3)21-16-11-9-15(10-12-16)18(4,5)6/h9-14H,7-8H2,1-6H3,(H,19,20)/t13-,14+/m0/s1. The molecule has 0 aliphatic rings. The zero-order valence-corrected chi connectivity index (χ0v) is 14.2. The molecule has 1 aromatic carbocycles. The van der Waals surface area contributed by atoms with Gasteiger partial charge in [-0.3, -0.25) is 4.79 Å². The van der Waals surface area contributed by atoms with Crippen LogP contribution in [0.4, 0.5) is 0 Å². The summed E-state index contributed by atoms with van der Waals surface area (Å²) in [4.78, 5) is 12.0. The van der Waals surface area contributed by atoms with Gasteiger partial charge in [0.05, 0.1) is 0 Å². The van der Waals surface area contributed by atoms with Crippen LogP contribution in [0.25, 0.3) is 0 Å². The zero-order valence-electron chi connectivity index (χ0n) is 14.2. The molecule has 0 aliphatic carbocycles. The van der Waals surface area contributed by atoms with E-state index in [0.717, 1.165) is 18.6 Å². The zero-order chi connectivity index (χ0) is 16.0. The summed E-state index contributed by atoms with van der Waals surface area (Å²) in [5, 5.41) is 2.97. The topological polar surface area (TPSA) is 38.3 Å². The number of carbonyl (C=O) groups excluding carboxylic acids is 1. The van der Waals surface area contributed by atoms with E-state index in [-0.39, 0.29) is 17.4 Å². The van der Waals surface area contributed by atoms with E-state index in [1.54, 1.807) is 6.92 Å². The molecule has 21 heavy (non-hydrogen) atoms. The summed E-state index contributed by atoms with van der Waals surface area (Å²) in [6, 6.07) is 8.16. The normalized spacial score (nSPS) is 14.4. The summed E-state index contributed by atoms with van der Waals surface area (Å²) in [5.41, 5.74) is 1.38. The van der Waals surface area contributed by atoms with Crippen LogP contribution in [0, 0.1) is 0 Å². The molecule has 0 bridgehead atoms. The number of carbonyl (C=O) groups is 1. The van der Waals surface area contributed by atoms with E-state index >= 15 is 0 Å². The van der Waals surface area contributed by atoms with Gasteiger partial charge >= 0.3 is 0 Å². The molecule has 0 fully saturated rings. The van der Waals surface area contributed by atoms with Gasteiger partial charge in [0, 0.05) is 6.04 Å². The molecule has 0 saturated heterocycles. The molecule has 1 N–H and O–H groups in total. The third-order valence-electron chi connectivity index (χ3n) is 3.51. The van der Waals surface area contributed by atoms with Crippen LogP contribution in [-0.4, -0.2) is 18.1 Å². The minimum Gasteiger partial charge on any atom is -0.481 e. The Labute approximate surface area is 129 Å². The number of benzene rings is 1. The molecule has 118 valence electrons. The Morgan fingerprint density at radius 2 is 1.76 bits per heavy atom. The first kappa shape index (κ1) is 17.5. The predicted octanol–water partition coefficient (Wildman–Crippen LogP) is 4.06. The van der Waals surface area contributed by atoms with Crippen molar-refractivity contribution in [3.05, 3.63) is 29.8 Å². The largest absolute Gasteiger partial charge is 0.481 e. The highest BCUT2D eigenvalue weighted by atomic mass is 16.5. The summed E-state index contributed by atoms with van der Waals surface area (Å²) in [6.07, 6.45) is 1.56. The Hall–Kier alpha value is -1.51. The molecule has 0 saturated carbocycles. The Kier molecular flexibility index (Phi) is 6.25. The van der Waals surface area contributed by atoms with Crippen molar-refractivity contribution in [3.8, 4) is 5.75 Å². The fourth-order valence-electron chi connectivity index (χ4n) is 2.16. The van der Waals surface area contributed by atoms with Gasteiger partial charge in [-0.2, -0.15) is 0 Å². The van der Waals surface area contributed by atoms with Gasteiger partial charge < -0.3 is 10.1 Å². The van der Waals surface area contributed by atoms with Crippen LogP contribution in [0.2, 0.25) is 0 Å². The maximum absolute atomic E-state index is 12.0. The number of ether oxygens (including phenoxy) is 1. The summed E-state index contributed by atoms with van der Waals surface area (Å²) in [6.45, 7) is 12.4. The lowest BCUT2D eigenvalue weighted by atomic mass is 9.87. The van der Waals surface area contributed by atoms with Gasteiger partial charge in [-0.05, 0) is 43.4 Å². The second-order valence-corrected chi connectivity index (χ2v) is 6.73. The summed E-state index contributed by atoms with van der Waals surface area (Å²) in [5.74, 6) is 0.671. The van der Waals surface area contributed by atoms with E-state index in [0.29, 0.717) is 0 Å². The molecule has 3 nitrogen and oxygen atoms in total. The summed E-state index contributed by atoms with van der Waals surface area (Å²) in [7, 11) is 0. The summed E-state index contributed by atoms with van der Waals surface area (Å²) < 4.78 is 5.71. The van der Waals surface area contributed by atoms with Crippen LogP contribution in [0.3, 0.4) is 0 Å². The van der Waals surface area contributed by atoms with Crippen molar-refractivity contribution in [1.29, 1.82) is 0 Å². The van der Waals surface area contributed by atoms with Crippen molar-refractivity contribution in [2.24, 2.45) is 0 Å². The molecule has 0 aliphatic heterocycles. The van der Waals surface area contributed by atoms with E-state index in [9.17, 15) is 4.79 Å². The smallest absolute Gasteiger partial charge is 0.260 e. The van der Waals surface area contributed by atoms with Crippen LogP contribution < -0.4 is 10.1 Å². The van der Waals surface area contributed by atoms with Crippen molar-refractivity contribution < 1.29 is 9.53 Å². The fraction of sp³-hybridized carbons (Fsp3) is 0.611. The SMILES string of the molecule is CCC[C@H](C)NC(=O)[C@@H](C)Oc1ccc(C(C)(C)C)cc1. The third kappa shape index (κ3) is 5.78. The average molecular weight is 291 g/mol. The Bertz CT molecular complexity index is 445. The first-order valence-electron chi connectivity index (χ1n) is 7.81. The maximum Gasteiger partial charge on any atom is 0.260 e. The fourth-order valence-corrected chi connectivity index (χ4v) is 2.16. The number of hydrogen-bond donors (Lipinski definition) is 1. The van der Waals surface area contributed by atoms with Crippen LogP contribution in [0.5, 0.6) is 5.75 Å². The van der Waals surface area contributed by atoms with Crippen LogP contribution in [-0.2, 0) is 10.2 Å². The first-order valence-corrected chi connectivity index (χ1v) is 7.81. The van der Waals surface area contributed by atoms with Crippen LogP contribution in [0.1, 0.15) is 59.9 Å². The quantitative estimate of drug-likeness (QED) is 0.858. The van der Waals surface area contributed by atoms with Gasteiger partial charge in [-0.25, -0.2) is 0 Å². The first-order chi connectivity index (χ1) is 9.74. The number of amides is 1. The molecule has 1 rings (SSSR count). The van der Waals surface area contributed by atoms with Gasteiger partial charge in [0.15, 0.2) is 6.10 Å². The minimum atomic E-state index is -0.482. The monoisotopic (exact) mass is 291 g/mol. The second-order valence-electron chi connectivity index (χ2n) is 6.73. The highest BCUT2D eigenvalue weighted by molar-refractivity contribution is 5.80. The molecular formula is C18H29NO2. The summed E-state index contributed by atoms with van der Waals surface area (Å²) >= 11 is 0. The number of nitrogens with one attached hydrogen (secondary N) is 1. The van der Waals surface area contributed by atoms with Gasteiger partial charge in [-0.1, -0.05) is 46.2 Å². The van der Waals surface area contributed by atoms with E-state index in [1.165, 1.54) is 5.56 Å². The van der Waals surface area contributed by atoms with Crippen molar-refractivity contribution in [3.63, 3.8) is 0 Å². The average Bonchev–Trinajstić information content (AvgIpc) is 2.38. The molecule has 1 aromatic rings. The molecule has 1 amide bonds. The Morgan fingerprint density at radius 1 is 1.19 bits per heavy atom. The Balaban J connectivity index is 2.58. The molecular weight excluding hydrogens is 262 g/mol. The minimum absolute atomic E-state index is 0.0594. The van der Waals surface area contributed by atoms with Crippen molar-refractivity contribution in [1.82, 2.24) is 5.32 Å². The van der Waals surface area contributed by atoms with Crippen molar-refractivity contribution in [2.75, 3.05) is 0 Å². The predicted molar refractivity (Wildman–Crippen MR) is 87.7 cm³/mol. The highest BCUT2D eigenvalue weighted by Crippen LogP contribution is 2.24. The lowest BCUT2D eigenvalue weighted by Gasteiger charge is -2.21. The van der Waals surface area contributed by atoms with Gasteiger partial charge in [0.1, 0.15) is 5.75 Å². The molecule has 0 spiro atoms. The second kappa shape index (κ2) is 7.48. The molecule has 0 aromatic heterocycles. The van der Waals surface area contributed by atoms with Crippen molar-refractivity contribution in [2.45, 2.75) is 71.9 Å². The maximum atomic E-state index is 12.0. The third-order valence-corrected chi connectivity index (χ3v) is 3.51. The molecule has 2 atom stereocenters. The number of hydrogen-bond acceptors (Lipinski definition) is 2. The Morgan fingerprint density at radius 3 is 2.24 bits per heavy atom. The van der Waals surface area contributed by atoms with E-state index in [1.807, 2.05) is 19.1 Å². The lowest BCUT2D eigenvalue weighted by Crippen LogP contribution is -2.41. The number of rotatable bonds is 6.